The average molecular weight is 1770 g/mol. The number of aromatic hydroxyl groups is 2. The fourth-order valence-corrected chi connectivity index (χ4v) is 18.0. The number of benzene rings is 8. The normalized spacial score (nSPS) is 19.7. The van der Waals surface area contributed by atoms with Crippen LogP contribution in [0.15, 0.2) is 152 Å². The van der Waals surface area contributed by atoms with Crippen LogP contribution in [0.2, 0.25) is 19.0 Å². The number of nitrogens with two attached hydrogens (primary N) is 2. The number of hydrogen-bond acceptors (Lipinski definition) is 24. The molecule has 6 heterocycles. The molecule has 9 aliphatic rings. The third kappa shape index (κ3) is 21.3. The van der Waals surface area contributed by atoms with Crippen molar-refractivity contribution in [3.05, 3.63) is 230 Å². The highest BCUT2D eigenvalue weighted by Crippen LogP contribution is 2.66. The van der Waals surface area contributed by atoms with E-state index in [0.717, 1.165) is 45.9 Å². The fraction of sp³-hybridized carbons (Fsp3) is 0.427. The molecule has 6 aliphatic heterocycles. The van der Waals surface area contributed by atoms with Gasteiger partial charge in [0.25, 0.3) is 0 Å². The molecule has 0 aromatic heterocycles. The van der Waals surface area contributed by atoms with Gasteiger partial charge in [-0.3, -0.25) is 14.4 Å². The number of nitrogens with zero attached hydrogens (tertiary/aromatic N) is 3. The standard InChI is InChI=1S/C48H63BN2O9.C28H29BN2O7.C20H21BN2O8/c1-29-23-34(55-28-31-15-13-12-14-16-31)18-19-36(29)41(50-44(54)58-46(6,7)8)42(52)51-26-35(27-51)56-37-20-17-32(30(2)40(37)43(53)57-45(3,4)5)21-22-49-59-39-25-33-24-38(47(33,9)10)48(39,11)60-49;1-17-13-20(36-16-18-5-3-2-4-6-18)8-9-22(17)25(30)27(32)31-14-21(15-31)37-23-10-7-19-11-12-29(35)38-26(19)24(23)28(33)34;22-17(13-3-2-11(24)7-14(13)25)19(26)23-8-12(9-23)30-15-4-1-10-5-6-21(29)31-18(10)16(15)20(27)28/h12-20,23,33,35,38-39,41H,21-22,24-28H2,1-11H3,(H,50,54);2-10,13,21,25,35H,11-12,14-16,30H2,1H3,(H,33,34);1-4,7,12,17,24-25,29H,5-6,8-9,22H2,(H,27,28)/t33-,38-,39+,41?,48-;;/m0../s1. The summed E-state index contributed by atoms with van der Waals surface area (Å²) in [6.45, 7) is 25.8. The summed E-state index contributed by atoms with van der Waals surface area (Å²) in [7, 11) is -2.44. The van der Waals surface area contributed by atoms with Crippen molar-refractivity contribution in [2.75, 3.05) is 39.3 Å². The zero-order valence-corrected chi connectivity index (χ0v) is 74.7. The smallest absolute Gasteiger partial charge is 0.522 e. The number of carboxylic acid groups (broad SMARTS) is 2. The second-order valence-electron chi connectivity index (χ2n) is 37.2. The van der Waals surface area contributed by atoms with Crippen molar-refractivity contribution in [2.45, 2.75) is 207 Å². The Morgan fingerprint density at radius 2 is 1.01 bits per heavy atom. The van der Waals surface area contributed by atoms with E-state index in [1.54, 1.807) is 60.9 Å². The zero-order chi connectivity index (χ0) is 92.5. The van der Waals surface area contributed by atoms with Crippen LogP contribution in [-0.4, -0.2) is 189 Å². The quantitative estimate of drug-likeness (QED) is 0.0189. The summed E-state index contributed by atoms with van der Waals surface area (Å²) in [5, 5.41) is 61.0. The Morgan fingerprint density at radius 1 is 0.550 bits per heavy atom. The number of carbonyl (C=O) groups excluding carboxylic acids is 5. The van der Waals surface area contributed by atoms with Gasteiger partial charge in [0, 0.05) is 11.6 Å². The number of phenolic OH excluding ortho intramolecular Hbond substituents is 2. The number of likely N-dealkylation sites (tertiary alicyclic amines) is 3. The molecule has 129 heavy (non-hydrogen) atoms. The Labute approximate surface area is 751 Å². The number of alkyl carbamates (subject to hydrolysis) is 1. The second-order valence-corrected chi connectivity index (χ2v) is 37.2. The molecule has 8 aromatic carbocycles. The molecule has 3 saturated carbocycles. The van der Waals surface area contributed by atoms with Crippen LogP contribution in [0.1, 0.15) is 186 Å². The van der Waals surface area contributed by atoms with Gasteiger partial charge in [-0.25, -0.2) is 19.2 Å². The monoisotopic (exact) mass is 1770 g/mol. The van der Waals surface area contributed by atoms with Crippen LogP contribution in [0.5, 0.6) is 51.7 Å². The summed E-state index contributed by atoms with van der Waals surface area (Å²) in [5.74, 6) is -0.909. The van der Waals surface area contributed by atoms with E-state index < -0.39 is 85.7 Å². The van der Waals surface area contributed by atoms with Gasteiger partial charge >= 0.3 is 45.4 Å². The lowest BCUT2D eigenvalue weighted by Gasteiger charge is -2.64. The molecular formula is C96H113B3N6O24. The van der Waals surface area contributed by atoms with E-state index in [-0.39, 0.29) is 133 Å². The topological polar surface area (TPSA) is 416 Å². The van der Waals surface area contributed by atoms with E-state index in [9.17, 15) is 64.0 Å². The summed E-state index contributed by atoms with van der Waals surface area (Å²) in [4.78, 5) is 95.2. The Kier molecular flexibility index (Phi) is 27.7. The molecule has 7 atom stereocenters. The Hall–Kier alpha value is -12.0. The number of aryl methyl sites for hydroxylation is 5. The second kappa shape index (κ2) is 38.4. The van der Waals surface area contributed by atoms with Gasteiger partial charge < -0.3 is 114 Å². The van der Waals surface area contributed by atoms with Gasteiger partial charge in [-0.1, -0.05) is 105 Å². The molecule has 17 rings (SSSR count). The average Bonchev–Trinajstić information content (AvgIpc) is 1.15. The van der Waals surface area contributed by atoms with Crippen LogP contribution in [-0.2, 0) is 65.6 Å². The first-order chi connectivity index (χ1) is 61.1. The van der Waals surface area contributed by atoms with E-state index >= 15 is 0 Å². The maximum Gasteiger partial charge on any atom is 0.522 e. The summed E-state index contributed by atoms with van der Waals surface area (Å²) in [5.41, 5.74) is 19.3. The number of fused-ring (bicyclic) bond motifs is 2. The molecule has 11 N–H and O–H groups in total. The number of rotatable bonds is 25. The van der Waals surface area contributed by atoms with E-state index in [4.69, 9.17) is 63.2 Å². The van der Waals surface area contributed by atoms with Gasteiger partial charge in [-0.05, 0) is 248 Å². The molecule has 4 amide bonds. The first-order valence-electron chi connectivity index (χ1n) is 43.8. The molecule has 0 radical (unpaired) electrons. The van der Waals surface area contributed by atoms with Gasteiger partial charge in [-0.15, -0.1) is 0 Å². The van der Waals surface area contributed by atoms with Crippen LogP contribution in [0.25, 0.3) is 0 Å². The molecule has 4 saturated heterocycles. The van der Waals surface area contributed by atoms with Crippen LogP contribution >= 0.6 is 0 Å². The third-order valence-electron chi connectivity index (χ3n) is 25.2. The number of aromatic carboxylic acids is 2. The van der Waals surface area contributed by atoms with Crippen LogP contribution < -0.4 is 49.8 Å². The van der Waals surface area contributed by atoms with Gasteiger partial charge in [0.05, 0.1) is 51.0 Å². The van der Waals surface area contributed by atoms with Crippen molar-refractivity contribution in [2.24, 2.45) is 28.7 Å². The zero-order valence-electron chi connectivity index (χ0n) is 74.7. The van der Waals surface area contributed by atoms with Crippen molar-refractivity contribution >= 4 is 63.1 Å². The molecule has 680 valence electrons. The van der Waals surface area contributed by atoms with E-state index in [1.807, 2.05) is 145 Å². The molecule has 30 nitrogen and oxygen atoms in total. The Bertz CT molecular complexity index is 5500. The van der Waals surface area contributed by atoms with Crippen LogP contribution in [0.4, 0.5) is 4.79 Å². The van der Waals surface area contributed by atoms with Gasteiger partial charge in [-0.2, -0.15) is 0 Å². The lowest BCUT2D eigenvalue weighted by Crippen LogP contribution is -2.65. The minimum Gasteiger partial charge on any atom is -0.535 e. The fourth-order valence-electron chi connectivity index (χ4n) is 18.0. The van der Waals surface area contributed by atoms with Gasteiger partial charge in [0.1, 0.15) is 129 Å². The largest absolute Gasteiger partial charge is 0.535 e. The maximum absolute atomic E-state index is 14.2. The van der Waals surface area contributed by atoms with E-state index in [0.29, 0.717) is 108 Å². The Balaban J connectivity index is 0.000000167. The predicted octanol–water partition coefficient (Wildman–Crippen LogP) is 12.4. The third-order valence-corrected chi connectivity index (χ3v) is 25.2. The molecule has 0 spiro atoms. The molecule has 3 unspecified atom stereocenters. The van der Waals surface area contributed by atoms with Crippen molar-refractivity contribution in [1.82, 2.24) is 20.0 Å². The molecule has 3 aliphatic carbocycles. The van der Waals surface area contributed by atoms with Crippen LogP contribution in [0.3, 0.4) is 0 Å². The highest BCUT2D eigenvalue weighted by Gasteiger charge is 2.68. The number of ether oxygens (including phenoxy) is 7. The van der Waals surface area contributed by atoms with Gasteiger partial charge in [0.2, 0.25) is 17.7 Å². The van der Waals surface area contributed by atoms with Gasteiger partial charge in [0.15, 0.2) is 0 Å². The summed E-state index contributed by atoms with van der Waals surface area (Å²) in [6.07, 6.45) is 3.53. The van der Waals surface area contributed by atoms with Crippen molar-refractivity contribution in [3.63, 3.8) is 0 Å². The number of phenols is 2. The van der Waals surface area contributed by atoms with Crippen molar-refractivity contribution in [3.8, 4) is 51.7 Å². The first-order valence-corrected chi connectivity index (χ1v) is 43.8. The van der Waals surface area contributed by atoms with Crippen molar-refractivity contribution < 1.29 is 116 Å². The Morgan fingerprint density at radius 3 is 1.47 bits per heavy atom. The van der Waals surface area contributed by atoms with E-state index in [1.165, 1.54) is 23.5 Å². The lowest BCUT2D eigenvalue weighted by molar-refractivity contribution is -0.199. The predicted molar refractivity (Wildman–Crippen MR) is 479 cm³/mol. The molecule has 2 bridgehead atoms. The number of esters is 1. The minimum atomic E-state index is -1.24. The molecular weight excluding hydrogens is 1650 g/mol. The summed E-state index contributed by atoms with van der Waals surface area (Å²) in [6, 6.07) is 42.0. The highest BCUT2D eigenvalue weighted by atomic mass is 16.7. The number of carboxylic acids is 2. The number of carbonyl (C=O) groups is 7. The van der Waals surface area contributed by atoms with Crippen LogP contribution in [0, 0.1) is 38.0 Å². The summed E-state index contributed by atoms with van der Waals surface area (Å²) < 4.78 is 65.5. The first kappa shape index (κ1) is 93.2. The van der Waals surface area contributed by atoms with E-state index in [2.05, 4.69) is 26.1 Å². The summed E-state index contributed by atoms with van der Waals surface area (Å²) >= 11 is 0. The highest BCUT2D eigenvalue weighted by molar-refractivity contribution is 6.45. The lowest BCUT2D eigenvalue weighted by atomic mass is 9.43. The molecule has 8 aromatic rings. The number of nitrogens with one attached hydrogen (secondary N) is 1. The van der Waals surface area contributed by atoms with Crippen molar-refractivity contribution in [1.29, 1.82) is 0 Å². The number of amides is 4. The molecule has 33 heteroatoms. The minimum absolute atomic E-state index is 0.0953. The SMILES string of the molecule is Cc1cc(OCc2ccccc2)ccc1C(N)C(=O)N1CC(Oc2ccc3c(c2C(=O)O)OB(O)CC3)C1.Cc1cc(OCc2ccccc2)ccc1C(NC(=O)OC(C)(C)C)C(=O)N1CC(Oc2ccc(CCB3O[C@@H]4C[C@@H]5C[C@@H](C5(C)C)[C@]4(C)O3)c(C)c2C(=O)OC(C)(C)C)C1.NC(C(=O)N1CC(Oc2ccc3c(c2C(=O)O)OB(O)CC3)C1)c1ccc(O)cc1O. The maximum atomic E-state index is 14.2. The molecule has 7 fully saturated rings. The number of hydrogen-bond donors (Lipinski definition) is 9.